The second-order valence-corrected chi connectivity index (χ2v) is 5.45. The van der Waals surface area contributed by atoms with Gasteiger partial charge in [-0.2, -0.15) is 0 Å². The molecule has 2 rings (SSSR count). The number of benzene rings is 1. The zero-order chi connectivity index (χ0) is 15.4. The van der Waals surface area contributed by atoms with Gasteiger partial charge in [-0.1, -0.05) is 34.6 Å². The van der Waals surface area contributed by atoms with Crippen molar-refractivity contribution in [1.29, 1.82) is 0 Å². The lowest BCUT2D eigenvalue weighted by atomic mass is 9.89. The molecule has 0 unspecified atom stereocenters. The fourth-order valence-corrected chi connectivity index (χ4v) is 2.39. The van der Waals surface area contributed by atoms with E-state index in [2.05, 4.69) is 22.5 Å². The van der Waals surface area contributed by atoms with E-state index in [1.165, 1.54) is 7.11 Å². The Kier molecular flexibility index (Phi) is 5.20. The molecule has 0 saturated carbocycles. The van der Waals surface area contributed by atoms with E-state index in [9.17, 15) is 4.79 Å². The first kappa shape index (κ1) is 15.8. The van der Waals surface area contributed by atoms with Gasteiger partial charge in [0.1, 0.15) is 0 Å². The predicted molar refractivity (Wildman–Crippen MR) is 82.6 cm³/mol. The van der Waals surface area contributed by atoms with Crippen molar-refractivity contribution in [3.05, 3.63) is 58.3 Å². The summed E-state index contributed by atoms with van der Waals surface area (Å²) in [5.74, 6) is -0.525. The van der Waals surface area contributed by atoms with Crippen LogP contribution in [0.1, 0.15) is 18.4 Å². The molecule has 0 fully saturated rings. The molecule has 1 aliphatic heterocycles. The first-order valence-corrected chi connectivity index (χ1v) is 7.38. The minimum atomic E-state index is -0.650. The van der Waals surface area contributed by atoms with Crippen LogP contribution in [0.15, 0.2) is 52.7 Å². The number of methoxy groups -OCH3 is 1. The molecule has 2 atom stereocenters. The molecule has 1 aromatic carbocycles. The normalized spacial score (nSPS) is 21.5. The van der Waals surface area contributed by atoms with Gasteiger partial charge in [0.15, 0.2) is 0 Å². The largest absolute Gasteiger partial charge is 0.463 e. The Bertz CT molecular complexity index is 562. The summed E-state index contributed by atoms with van der Waals surface area (Å²) in [6, 6.07) is 7.83. The highest BCUT2D eigenvalue weighted by atomic mass is 79.9. The summed E-state index contributed by atoms with van der Waals surface area (Å²) < 4.78 is 16.8. The van der Waals surface area contributed by atoms with Crippen LogP contribution in [-0.4, -0.2) is 26.0 Å². The van der Waals surface area contributed by atoms with Gasteiger partial charge in [0.2, 0.25) is 12.0 Å². The lowest BCUT2D eigenvalue weighted by molar-refractivity contribution is -0.150. The quantitative estimate of drug-likeness (QED) is 0.614. The highest BCUT2D eigenvalue weighted by Crippen LogP contribution is 2.35. The number of carbonyl (C=O) groups is 1. The minimum absolute atomic E-state index is 0.149. The highest BCUT2D eigenvalue weighted by molar-refractivity contribution is 9.10. The van der Waals surface area contributed by atoms with Gasteiger partial charge in [-0.05, 0) is 30.7 Å². The fourth-order valence-electron chi connectivity index (χ4n) is 2.12. The lowest BCUT2D eigenvalue weighted by Gasteiger charge is -2.30. The third kappa shape index (κ3) is 3.54. The van der Waals surface area contributed by atoms with Crippen LogP contribution in [0.4, 0.5) is 0 Å². The Hall–Kier alpha value is -1.59. The van der Waals surface area contributed by atoms with Crippen molar-refractivity contribution in [2.45, 2.75) is 19.1 Å². The van der Waals surface area contributed by atoms with Crippen molar-refractivity contribution >= 4 is 21.9 Å². The minimum Gasteiger partial charge on any atom is -0.463 e. The molecule has 4 nitrogen and oxygen atoms in total. The monoisotopic (exact) mass is 352 g/mol. The molecule has 21 heavy (non-hydrogen) atoms. The van der Waals surface area contributed by atoms with Gasteiger partial charge >= 0.3 is 5.97 Å². The van der Waals surface area contributed by atoms with E-state index in [4.69, 9.17) is 14.2 Å². The molecule has 0 bridgehead atoms. The van der Waals surface area contributed by atoms with Crippen molar-refractivity contribution < 1.29 is 19.0 Å². The van der Waals surface area contributed by atoms with Crippen molar-refractivity contribution in [3.8, 4) is 0 Å². The summed E-state index contributed by atoms with van der Waals surface area (Å²) >= 11 is 3.41. The number of hydrogen-bond donors (Lipinski definition) is 0. The first-order valence-electron chi connectivity index (χ1n) is 6.59. The van der Waals surface area contributed by atoms with Gasteiger partial charge in [-0.15, -0.1) is 0 Å². The molecule has 5 heteroatoms. The Balaban J connectivity index is 2.37. The van der Waals surface area contributed by atoms with E-state index in [1.807, 2.05) is 31.2 Å². The summed E-state index contributed by atoms with van der Waals surface area (Å²) in [4.78, 5) is 11.7. The molecule has 1 aromatic rings. The molecule has 112 valence electrons. The molecule has 0 saturated heterocycles. The Labute approximate surface area is 132 Å². The Morgan fingerprint density at radius 2 is 2.05 bits per heavy atom. The van der Waals surface area contributed by atoms with Gasteiger partial charge in [-0.25, -0.2) is 4.79 Å². The van der Waals surface area contributed by atoms with E-state index in [0.29, 0.717) is 6.61 Å². The predicted octanol–water partition coefficient (Wildman–Crippen LogP) is 3.54. The van der Waals surface area contributed by atoms with E-state index >= 15 is 0 Å². The molecule has 0 aromatic heterocycles. The molecule has 1 aliphatic rings. The molecule has 1 heterocycles. The van der Waals surface area contributed by atoms with Gasteiger partial charge in [0.05, 0.1) is 7.11 Å². The zero-order valence-corrected chi connectivity index (χ0v) is 13.6. The Morgan fingerprint density at radius 1 is 1.38 bits per heavy atom. The van der Waals surface area contributed by atoms with Crippen molar-refractivity contribution in [1.82, 2.24) is 0 Å². The zero-order valence-electron chi connectivity index (χ0n) is 12.0. The second-order valence-electron chi connectivity index (χ2n) is 4.53. The van der Waals surface area contributed by atoms with Crippen LogP contribution >= 0.6 is 15.9 Å². The summed E-state index contributed by atoms with van der Waals surface area (Å²) in [7, 11) is 1.32. The topological polar surface area (TPSA) is 44.8 Å². The second kappa shape index (κ2) is 6.91. The van der Waals surface area contributed by atoms with Gasteiger partial charge < -0.3 is 14.2 Å². The average molecular weight is 353 g/mol. The van der Waals surface area contributed by atoms with E-state index in [1.54, 1.807) is 6.08 Å². The smallest absolute Gasteiger partial charge is 0.373 e. The summed E-state index contributed by atoms with van der Waals surface area (Å²) in [5.41, 5.74) is 1.77. The number of esters is 1. The molecule has 0 radical (unpaired) electrons. The maximum atomic E-state index is 11.7. The summed E-state index contributed by atoms with van der Waals surface area (Å²) in [6.07, 6.45) is 1.06. The van der Waals surface area contributed by atoms with Crippen LogP contribution in [0.3, 0.4) is 0 Å². The SMILES string of the molecule is C=C1[C@H](OCC)OC(C(=O)OC)=C[C@H]1c1ccc(Br)cc1. The first-order chi connectivity index (χ1) is 10.1. The van der Waals surface area contributed by atoms with E-state index in [-0.39, 0.29) is 11.7 Å². The van der Waals surface area contributed by atoms with Crippen LogP contribution in [0.25, 0.3) is 0 Å². The van der Waals surface area contributed by atoms with Gasteiger partial charge in [0.25, 0.3) is 0 Å². The number of carbonyl (C=O) groups excluding carboxylic acids is 1. The van der Waals surface area contributed by atoms with Crippen LogP contribution in [-0.2, 0) is 19.0 Å². The van der Waals surface area contributed by atoms with Crippen molar-refractivity contribution in [2.24, 2.45) is 0 Å². The molecular formula is C16H17BrO4. The molecule has 0 amide bonds. The molecule has 0 N–H and O–H groups in total. The number of halogens is 1. The maximum absolute atomic E-state index is 11.7. The third-order valence-electron chi connectivity index (χ3n) is 3.19. The number of hydrogen-bond acceptors (Lipinski definition) is 4. The third-order valence-corrected chi connectivity index (χ3v) is 3.72. The van der Waals surface area contributed by atoms with E-state index < -0.39 is 12.3 Å². The summed E-state index contributed by atoms with van der Waals surface area (Å²) in [6.45, 7) is 6.38. The lowest BCUT2D eigenvalue weighted by Crippen LogP contribution is -2.29. The highest BCUT2D eigenvalue weighted by Gasteiger charge is 2.32. The van der Waals surface area contributed by atoms with Crippen LogP contribution in [0.5, 0.6) is 0 Å². The van der Waals surface area contributed by atoms with Crippen molar-refractivity contribution in [2.75, 3.05) is 13.7 Å². The number of allylic oxidation sites excluding steroid dienone is 1. The average Bonchev–Trinajstić information content (AvgIpc) is 2.49. The van der Waals surface area contributed by atoms with Crippen molar-refractivity contribution in [3.63, 3.8) is 0 Å². The van der Waals surface area contributed by atoms with E-state index in [0.717, 1.165) is 15.6 Å². The molecule has 0 spiro atoms. The standard InChI is InChI=1S/C16H17BrO4/c1-4-20-16-10(2)13(9-14(21-16)15(18)19-3)11-5-7-12(17)8-6-11/h5-9,13,16H,2,4H2,1,3H3/t13-,16-/m1/s1. The number of ether oxygens (including phenoxy) is 3. The number of rotatable bonds is 4. The van der Waals surface area contributed by atoms with Crippen LogP contribution < -0.4 is 0 Å². The fraction of sp³-hybridized carbons (Fsp3) is 0.312. The Morgan fingerprint density at radius 3 is 2.62 bits per heavy atom. The van der Waals surface area contributed by atoms with Crippen LogP contribution in [0.2, 0.25) is 0 Å². The maximum Gasteiger partial charge on any atom is 0.373 e. The molecule has 0 aliphatic carbocycles. The van der Waals surface area contributed by atoms with Gasteiger partial charge in [0, 0.05) is 22.6 Å². The van der Waals surface area contributed by atoms with Gasteiger partial charge in [-0.3, -0.25) is 0 Å². The summed E-state index contributed by atoms with van der Waals surface area (Å²) in [5, 5.41) is 0. The van der Waals surface area contributed by atoms with Crippen LogP contribution in [0, 0.1) is 0 Å². The molecular weight excluding hydrogens is 336 g/mol.